The molecule has 1 aromatic carbocycles. The maximum absolute atomic E-state index is 11.6. The van der Waals surface area contributed by atoms with Crippen molar-refractivity contribution in [2.24, 2.45) is 0 Å². The predicted octanol–water partition coefficient (Wildman–Crippen LogP) is 4.13. The van der Waals surface area contributed by atoms with Crippen LogP contribution in [0.3, 0.4) is 0 Å². The standard InChI is InChI=1S/C17H24O2/c1-16(2,3)12-9-11-7-8-14(18)19-15(11)13(10-12)17(4,5)6/h9-10H,7-8H2,1-6H3. The molecule has 1 heterocycles. The highest BCUT2D eigenvalue weighted by Crippen LogP contribution is 2.40. The number of fused-ring (bicyclic) bond motifs is 1. The van der Waals surface area contributed by atoms with Crippen LogP contribution < -0.4 is 4.74 Å². The molecule has 0 aromatic heterocycles. The summed E-state index contributed by atoms with van der Waals surface area (Å²) in [5, 5.41) is 0. The van der Waals surface area contributed by atoms with E-state index in [0.29, 0.717) is 6.42 Å². The molecule has 2 rings (SSSR count). The van der Waals surface area contributed by atoms with Crippen molar-refractivity contribution in [3.05, 3.63) is 28.8 Å². The van der Waals surface area contributed by atoms with Crippen molar-refractivity contribution in [2.75, 3.05) is 0 Å². The van der Waals surface area contributed by atoms with Crippen LogP contribution in [0.25, 0.3) is 0 Å². The zero-order valence-corrected chi connectivity index (χ0v) is 12.9. The van der Waals surface area contributed by atoms with Gasteiger partial charge in [0.2, 0.25) is 0 Å². The van der Waals surface area contributed by atoms with Crippen LogP contribution in [-0.4, -0.2) is 5.97 Å². The molecule has 0 saturated carbocycles. The van der Waals surface area contributed by atoms with Gasteiger partial charge in [-0.2, -0.15) is 0 Å². The average molecular weight is 260 g/mol. The smallest absolute Gasteiger partial charge is 0.311 e. The zero-order valence-electron chi connectivity index (χ0n) is 12.9. The summed E-state index contributed by atoms with van der Waals surface area (Å²) in [4.78, 5) is 11.6. The Hall–Kier alpha value is -1.31. The second kappa shape index (κ2) is 4.36. The van der Waals surface area contributed by atoms with Crippen molar-refractivity contribution in [3.8, 4) is 5.75 Å². The van der Waals surface area contributed by atoms with E-state index in [4.69, 9.17) is 4.74 Å². The van der Waals surface area contributed by atoms with Crippen LogP contribution >= 0.6 is 0 Å². The molecule has 2 nitrogen and oxygen atoms in total. The summed E-state index contributed by atoms with van der Waals surface area (Å²) < 4.78 is 5.52. The molecule has 0 aliphatic carbocycles. The molecular formula is C17H24O2. The fraction of sp³-hybridized carbons (Fsp3) is 0.588. The lowest BCUT2D eigenvalue weighted by atomic mass is 9.78. The van der Waals surface area contributed by atoms with Gasteiger partial charge in [0.05, 0.1) is 6.42 Å². The predicted molar refractivity (Wildman–Crippen MR) is 77.8 cm³/mol. The molecule has 0 spiro atoms. The van der Waals surface area contributed by atoms with Gasteiger partial charge in [0.25, 0.3) is 0 Å². The number of carbonyl (C=O) groups excluding carboxylic acids is 1. The van der Waals surface area contributed by atoms with E-state index in [2.05, 4.69) is 53.7 Å². The van der Waals surface area contributed by atoms with E-state index in [1.807, 2.05) is 0 Å². The third kappa shape index (κ3) is 2.83. The lowest BCUT2D eigenvalue weighted by molar-refractivity contribution is -0.135. The molecule has 1 aliphatic heterocycles. The first-order chi connectivity index (χ1) is 8.59. The molecular weight excluding hydrogens is 236 g/mol. The average Bonchev–Trinajstić information content (AvgIpc) is 2.24. The van der Waals surface area contributed by atoms with Crippen LogP contribution in [0.1, 0.15) is 64.7 Å². The third-order valence-corrected chi connectivity index (χ3v) is 3.65. The summed E-state index contributed by atoms with van der Waals surface area (Å²) in [5.74, 6) is 0.693. The monoisotopic (exact) mass is 260 g/mol. The molecule has 1 aliphatic rings. The Balaban J connectivity index is 2.66. The van der Waals surface area contributed by atoms with Crippen molar-refractivity contribution in [1.82, 2.24) is 0 Å². The fourth-order valence-electron chi connectivity index (χ4n) is 2.39. The molecule has 1 aromatic rings. The van der Waals surface area contributed by atoms with Crippen molar-refractivity contribution < 1.29 is 9.53 Å². The second-order valence-electron chi connectivity index (χ2n) is 7.49. The van der Waals surface area contributed by atoms with Gasteiger partial charge in [-0.05, 0) is 28.4 Å². The highest BCUT2D eigenvalue weighted by molar-refractivity contribution is 5.76. The Labute approximate surface area is 116 Å². The van der Waals surface area contributed by atoms with Gasteiger partial charge in [-0.25, -0.2) is 0 Å². The topological polar surface area (TPSA) is 26.3 Å². The number of carbonyl (C=O) groups is 1. The summed E-state index contributed by atoms with van der Waals surface area (Å²) in [6, 6.07) is 4.41. The first-order valence-corrected chi connectivity index (χ1v) is 6.97. The third-order valence-electron chi connectivity index (χ3n) is 3.65. The zero-order chi connectivity index (χ0) is 14.4. The van der Waals surface area contributed by atoms with E-state index in [-0.39, 0.29) is 16.8 Å². The van der Waals surface area contributed by atoms with Crippen LogP contribution in [0.5, 0.6) is 5.75 Å². The van der Waals surface area contributed by atoms with E-state index < -0.39 is 0 Å². The molecule has 0 radical (unpaired) electrons. The summed E-state index contributed by atoms with van der Waals surface area (Å²) in [6.45, 7) is 13.1. The molecule has 0 fully saturated rings. The van der Waals surface area contributed by atoms with Crippen LogP contribution in [-0.2, 0) is 22.0 Å². The molecule has 19 heavy (non-hydrogen) atoms. The molecule has 0 amide bonds. The summed E-state index contributed by atoms with van der Waals surface area (Å²) in [7, 11) is 0. The maximum Gasteiger partial charge on any atom is 0.311 e. The van der Waals surface area contributed by atoms with Crippen molar-refractivity contribution in [3.63, 3.8) is 0 Å². The van der Waals surface area contributed by atoms with Crippen LogP contribution in [0.4, 0.5) is 0 Å². The van der Waals surface area contributed by atoms with E-state index in [1.54, 1.807) is 0 Å². The molecule has 0 saturated heterocycles. The van der Waals surface area contributed by atoms with Gasteiger partial charge >= 0.3 is 5.97 Å². The summed E-state index contributed by atoms with van der Waals surface area (Å²) in [5.41, 5.74) is 3.72. The minimum absolute atomic E-state index is 0.0248. The number of rotatable bonds is 0. The maximum atomic E-state index is 11.6. The highest BCUT2D eigenvalue weighted by Gasteiger charge is 2.29. The van der Waals surface area contributed by atoms with Gasteiger partial charge in [-0.15, -0.1) is 0 Å². The largest absolute Gasteiger partial charge is 0.426 e. The van der Waals surface area contributed by atoms with Crippen LogP contribution in [0.15, 0.2) is 12.1 Å². The fourth-order valence-corrected chi connectivity index (χ4v) is 2.39. The summed E-state index contributed by atoms with van der Waals surface area (Å²) >= 11 is 0. The quantitative estimate of drug-likeness (QED) is 0.518. The Bertz CT molecular complexity index is 513. The first-order valence-electron chi connectivity index (χ1n) is 6.97. The Morgan fingerprint density at radius 2 is 1.58 bits per heavy atom. The van der Waals surface area contributed by atoms with Crippen molar-refractivity contribution >= 4 is 5.97 Å². The first kappa shape index (κ1) is 14.1. The van der Waals surface area contributed by atoms with Gasteiger partial charge < -0.3 is 4.74 Å². The number of esters is 1. The number of hydrogen-bond acceptors (Lipinski definition) is 2. The minimum atomic E-state index is -0.110. The minimum Gasteiger partial charge on any atom is -0.426 e. The van der Waals surface area contributed by atoms with Gasteiger partial charge in [-0.1, -0.05) is 53.7 Å². The number of ether oxygens (including phenoxy) is 1. The van der Waals surface area contributed by atoms with Crippen LogP contribution in [0.2, 0.25) is 0 Å². The SMILES string of the molecule is CC(C)(C)c1cc2c(c(C(C)(C)C)c1)OC(=O)CC2. The molecule has 0 bridgehead atoms. The molecule has 2 heteroatoms. The normalized spacial score (nSPS) is 16.0. The van der Waals surface area contributed by atoms with Gasteiger partial charge in [0, 0.05) is 5.56 Å². The van der Waals surface area contributed by atoms with Crippen molar-refractivity contribution in [1.29, 1.82) is 0 Å². The summed E-state index contributed by atoms with van der Waals surface area (Å²) in [6.07, 6.45) is 1.28. The van der Waals surface area contributed by atoms with Gasteiger partial charge in [0.15, 0.2) is 0 Å². The number of hydrogen-bond donors (Lipinski definition) is 0. The second-order valence-corrected chi connectivity index (χ2v) is 7.49. The Kier molecular flexibility index (Phi) is 3.24. The van der Waals surface area contributed by atoms with E-state index in [9.17, 15) is 4.79 Å². The molecule has 104 valence electrons. The molecule has 0 atom stereocenters. The highest BCUT2D eigenvalue weighted by atomic mass is 16.5. The van der Waals surface area contributed by atoms with E-state index in [1.165, 1.54) is 11.1 Å². The van der Waals surface area contributed by atoms with E-state index >= 15 is 0 Å². The lowest BCUT2D eigenvalue weighted by Crippen LogP contribution is -2.24. The van der Waals surface area contributed by atoms with Crippen LogP contribution in [0, 0.1) is 0 Å². The van der Waals surface area contributed by atoms with Gasteiger partial charge in [0.1, 0.15) is 5.75 Å². The Morgan fingerprint density at radius 3 is 2.11 bits per heavy atom. The van der Waals surface area contributed by atoms with Gasteiger partial charge in [-0.3, -0.25) is 4.79 Å². The Morgan fingerprint density at radius 1 is 0.947 bits per heavy atom. The van der Waals surface area contributed by atoms with E-state index in [0.717, 1.165) is 17.7 Å². The number of aryl methyl sites for hydroxylation is 1. The van der Waals surface area contributed by atoms with Crippen molar-refractivity contribution in [2.45, 2.75) is 65.2 Å². The molecule has 0 N–H and O–H groups in total. The lowest BCUT2D eigenvalue weighted by Gasteiger charge is -2.30. The molecule has 0 unspecified atom stereocenters. The number of benzene rings is 1.